The maximum Gasteiger partial charge on any atom is 0.270 e. The Bertz CT molecular complexity index is 581. The molecule has 2 rings (SSSR count). The van der Waals surface area contributed by atoms with Gasteiger partial charge in [-0.1, -0.05) is 30.3 Å². The first-order chi connectivity index (χ1) is 9.16. The first-order valence-electron chi connectivity index (χ1n) is 5.74. The molecule has 0 bridgehead atoms. The van der Waals surface area contributed by atoms with Gasteiger partial charge in [0, 0.05) is 23.9 Å². The summed E-state index contributed by atoms with van der Waals surface area (Å²) in [5.41, 5.74) is 6.32. The molecule has 0 saturated heterocycles. The van der Waals surface area contributed by atoms with E-state index in [0.717, 1.165) is 10.6 Å². The van der Waals surface area contributed by atoms with Crippen LogP contribution in [-0.4, -0.2) is 23.3 Å². The number of primary amides is 1. The fraction of sp³-hybridized carbons (Fsp3) is 0.154. The number of thiazole rings is 1. The van der Waals surface area contributed by atoms with E-state index in [-0.39, 0.29) is 18.9 Å². The lowest BCUT2D eigenvalue weighted by atomic mass is 10.2. The zero-order valence-corrected chi connectivity index (χ0v) is 10.9. The van der Waals surface area contributed by atoms with Crippen molar-refractivity contribution in [1.29, 1.82) is 0 Å². The zero-order valence-electron chi connectivity index (χ0n) is 10.1. The van der Waals surface area contributed by atoms with Crippen LogP contribution >= 0.6 is 11.3 Å². The summed E-state index contributed by atoms with van der Waals surface area (Å²) < 4.78 is 0. The van der Waals surface area contributed by atoms with Gasteiger partial charge in [-0.15, -0.1) is 11.3 Å². The molecule has 0 saturated carbocycles. The van der Waals surface area contributed by atoms with Gasteiger partial charge >= 0.3 is 0 Å². The number of nitrogens with one attached hydrogen (secondary N) is 1. The molecule has 6 heteroatoms. The first-order valence-corrected chi connectivity index (χ1v) is 6.62. The SMILES string of the molecule is NC(=O)CCNC(=O)c1csc(-c2ccccc2)n1. The smallest absolute Gasteiger partial charge is 0.270 e. The third-order valence-corrected chi connectivity index (χ3v) is 3.31. The van der Waals surface area contributed by atoms with E-state index in [1.165, 1.54) is 11.3 Å². The van der Waals surface area contributed by atoms with Crippen molar-refractivity contribution < 1.29 is 9.59 Å². The first kappa shape index (κ1) is 13.2. The average molecular weight is 275 g/mol. The number of benzene rings is 1. The van der Waals surface area contributed by atoms with E-state index in [0.29, 0.717) is 5.69 Å². The Morgan fingerprint density at radius 1 is 1.26 bits per heavy atom. The van der Waals surface area contributed by atoms with E-state index in [2.05, 4.69) is 10.3 Å². The summed E-state index contributed by atoms with van der Waals surface area (Å²) in [5, 5.41) is 5.09. The van der Waals surface area contributed by atoms with Crippen molar-refractivity contribution in [2.75, 3.05) is 6.54 Å². The summed E-state index contributed by atoms with van der Waals surface area (Å²) in [4.78, 5) is 26.6. The number of rotatable bonds is 5. The molecule has 0 atom stereocenters. The van der Waals surface area contributed by atoms with Gasteiger partial charge in [0.25, 0.3) is 5.91 Å². The molecule has 98 valence electrons. The molecule has 1 aromatic carbocycles. The van der Waals surface area contributed by atoms with E-state index in [1.54, 1.807) is 5.38 Å². The van der Waals surface area contributed by atoms with Crippen molar-refractivity contribution in [2.24, 2.45) is 5.73 Å². The van der Waals surface area contributed by atoms with Crippen LogP contribution in [0.2, 0.25) is 0 Å². The van der Waals surface area contributed by atoms with Gasteiger partial charge in [0.15, 0.2) is 0 Å². The van der Waals surface area contributed by atoms with E-state index < -0.39 is 5.91 Å². The molecule has 0 unspecified atom stereocenters. The minimum Gasteiger partial charge on any atom is -0.370 e. The molecular weight excluding hydrogens is 262 g/mol. The summed E-state index contributed by atoms with van der Waals surface area (Å²) in [6, 6.07) is 9.64. The summed E-state index contributed by atoms with van der Waals surface area (Å²) in [7, 11) is 0. The largest absolute Gasteiger partial charge is 0.370 e. The molecule has 3 N–H and O–H groups in total. The average Bonchev–Trinajstić information content (AvgIpc) is 2.89. The van der Waals surface area contributed by atoms with Crippen LogP contribution < -0.4 is 11.1 Å². The molecule has 0 radical (unpaired) electrons. The van der Waals surface area contributed by atoms with Crippen molar-refractivity contribution in [3.63, 3.8) is 0 Å². The second-order valence-corrected chi connectivity index (χ2v) is 4.73. The Morgan fingerprint density at radius 3 is 2.68 bits per heavy atom. The molecule has 1 heterocycles. The van der Waals surface area contributed by atoms with Gasteiger partial charge in [0.2, 0.25) is 5.91 Å². The lowest BCUT2D eigenvalue weighted by Gasteiger charge is -2.00. The Balaban J connectivity index is 2.01. The number of amides is 2. The molecule has 0 aliphatic rings. The molecule has 5 nitrogen and oxygen atoms in total. The fourth-order valence-electron chi connectivity index (χ4n) is 1.48. The van der Waals surface area contributed by atoms with Crippen LogP contribution in [-0.2, 0) is 4.79 Å². The minimum absolute atomic E-state index is 0.126. The number of carbonyl (C=O) groups is 2. The lowest BCUT2D eigenvalue weighted by Crippen LogP contribution is -2.28. The van der Waals surface area contributed by atoms with Crippen molar-refractivity contribution in [2.45, 2.75) is 6.42 Å². The van der Waals surface area contributed by atoms with Gasteiger partial charge in [-0.25, -0.2) is 4.98 Å². The molecule has 19 heavy (non-hydrogen) atoms. The molecule has 0 spiro atoms. The molecule has 2 aromatic rings. The summed E-state index contributed by atoms with van der Waals surface area (Å²) >= 11 is 1.41. The molecular formula is C13H13N3O2S. The molecule has 0 aliphatic carbocycles. The van der Waals surface area contributed by atoms with Crippen LogP contribution in [0.3, 0.4) is 0 Å². The topological polar surface area (TPSA) is 85.1 Å². The third kappa shape index (κ3) is 3.62. The summed E-state index contributed by atoms with van der Waals surface area (Å²) in [6.07, 6.45) is 0.126. The second kappa shape index (κ2) is 6.10. The number of nitrogens with zero attached hydrogens (tertiary/aromatic N) is 1. The Kier molecular flexibility index (Phi) is 4.25. The number of hydrogen-bond donors (Lipinski definition) is 2. The second-order valence-electron chi connectivity index (χ2n) is 3.88. The highest BCUT2D eigenvalue weighted by atomic mass is 32.1. The summed E-state index contributed by atoms with van der Waals surface area (Å²) in [5.74, 6) is -0.733. The van der Waals surface area contributed by atoms with Crippen LogP contribution in [0.5, 0.6) is 0 Å². The highest BCUT2D eigenvalue weighted by Crippen LogP contribution is 2.23. The van der Waals surface area contributed by atoms with Crippen LogP contribution in [0.15, 0.2) is 35.7 Å². The Hall–Kier alpha value is -2.21. The molecule has 0 fully saturated rings. The standard InChI is InChI=1S/C13H13N3O2S/c14-11(17)6-7-15-12(18)10-8-19-13(16-10)9-4-2-1-3-5-9/h1-5,8H,6-7H2,(H2,14,17)(H,15,18). The van der Waals surface area contributed by atoms with E-state index in [9.17, 15) is 9.59 Å². The monoisotopic (exact) mass is 275 g/mol. The molecule has 0 aliphatic heterocycles. The lowest BCUT2D eigenvalue weighted by molar-refractivity contribution is -0.117. The quantitative estimate of drug-likeness (QED) is 0.865. The summed E-state index contributed by atoms with van der Waals surface area (Å²) in [6.45, 7) is 0.229. The number of aromatic nitrogens is 1. The Labute approximate surface area is 114 Å². The van der Waals surface area contributed by atoms with Gasteiger partial charge < -0.3 is 11.1 Å². The van der Waals surface area contributed by atoms with Crippen LogP contribution in [0.4, 0.5) is 0 Å². The van der Waals surface area contributed by atoms with Crippen LogP contribution in [0, 0.1) is 0 Å². The predicted molar refractivity (Wildman–Crippen MR) is 73.7 cm³/mol. The van der Waals surface area contributed by atoms with Crippen LogP contribution in [0.1, 0.15) is 16.9 Å². The van der Waals surface area contributed by atoms with E-state index >= 15 is 0 Å². The van der Waals surface area contributed by atoms with Crippen LogP contribution in [0.25, 0.3) is 10.6 Å². The van der Waals surface area contributed by atoms with Crippen molar-refractivity contribution in [3.05, 3.63) is 41.4 Å². The number of hydrogen-bond acceptors (Lipinski definition) is 4. The van der Waals surface area contributed by atoms with Crippen molar-refractivity contribution >= 4 is 23.2 Å². The van der Waals surface area contributed by atoms with Gasteiger partial charge in [-0.2, -0.15) is 0 Å². The number of carbonyl (C=O) groups excluding carboxylic acids is 2. The van der Waals surface area contributed by atoms with Crippen molar-refractivity contribution in [3.8, 4) is 10.6 Å². The highest BCUT2D eigenvalue weighted by molar-refractivity contribution is 7.13. The maximum absolute atomic E-state index is 11.8. The normalized spacial score (nSPS) is 10.1. The highest BCUT2D eigenvalue weighted by Gasteiger charge is 2.11. The zero-order chi connectivity index (χ0) is 13.7. The predicted octanol–water partition coefficient (Wildman–Crippen LogP) is 1.42. The van der Waals surface area contributed by atoms with Crippen molar-refractivity contribution in [1.82, 2.24) is 10.3 Å². The number of nitrogens with two attached hydrogens (primary N) is 1. The van der Waals surface area contributed by atoms with Gasteiger partial charge in [-0.05, 0) is 0 Å². The maximum atomic E-state index is 11.8. The molecule has 1 aromatic heterocycles. The van der Waals surface area contributed by atoms with Gasteiger partial charge in [0.1, 0.15) is 10.7 Å². The fourth-order valence-corrected chi connectivity index (χ4v) is 2.29. The van der Waals surface area contributed by atoms with E-state index in [4.69, 9.17) is 5.73 Å². The minimum atomic E-state index is -0.441. The Morgan fingerprint density at radius 2 is 2.00 bits per heavy atom. The van der Waals surface area contributed by atoms with Gasteiger partial charge in [-0.3, -0.25) is 9.59 Å². The molecule has 2 amide bonds. The van der Waals surface area contributed by atoms with Gasteiger partial charge in [0.05, 0.1) is 0 Å². The van der Waals surface area contributed by atoms with E-state index in [1.807, 2.05) is 30.3 Å². The third-order valence-electron chi connectivity index (χ3n) is 2.41.